The van der Waals surface area contributed by atoms with E-state index in [9.17, 15) is 9.18 Å². The highest BCUT2D eigenvalue weighted by Crippen LogP contribution is 2.30. The third-order valence-electron chi connectivity index (χ3n) is 3.39. The average Bonchev–Trinajstić information content (AvgIpc) is 2.26. The van der Waals surface area contributed by atoms with Gasteiger partial charge >= 0.3 is 6.09 Å². The maximum Gasteiger partial charge on any atom is 0.407 e. The lowest BCUT2D eigenvalue weighted by Gasteiger charge is -2.36. The van der Waals surface area contributed by atoms with Gasteiger partial charge in [-0.3, -0.25) is 0 Å². The zero-order chi connectivity index (χ0) is 14.8. The normalized spacial score (nSPS) is 22.0. The van der Waals surface area contributed by atoms with Gasteiger partial charge in [0.05, 0.1) is 0 Å². The number of hydrogen-bond donors (Lipinski definition) is 1. The zero-order valence-corrected chi connectivity index (χ0v) is 12.3. The highest BCUT2D eigenvalue weighted by atomic mass is 19.1. The molecule has 0 atom stereocenters. The molecule has 20 heavy (non-hydrogen) atoms. The molecule has 1 aromatic carbocycles. The number of benzene rings is 1. The minimum Gasteiger partial charge on any atom is -0.444 e. The maximum absolute atomic E-state index is 12.8. The predicted molar refractivity (Wildman–Crippen MR) is 76.0 cm³/mol. The summed E-state index contributed by atoms with van der Waals surface area (Å²) in [6, 6.07) is 6.83. The van der Waals surface area contributed by atoms with Gasteiger partial charge in [0.2, 0.25) is 0 Å². The van der Waals surface area contributed by atoms with Gasteiger partial charge < -0.3 is 10.1 Å². The van der Waals surface area contributed by atoms with Gasteiger partial charge in [-0.15, -0.1) is 0 Å². The number of ether oxygens (including phenoxy) is 1. The van der Waals surface area contributed by atoms with Crippen LogP contribution in [-0.4, -0.2) is 17.7 Å². The van der Waals surface area contributed by atoms with Crippen molar-refractivity contribution in [2.75, 3.05) is 0 Å². The van der Waals surface area contributed by atoms with Crippen molar-refractivity contribution in [2.45, 2.75) is 51.7 Å². The highest BCUT2D eigenvalue weighted by molar-refractivity contribution is 5.68. The second-order valence-corrected chi connectivity index (χ2v) is 6.51. The van der Waals surface area contributed by atoms with Crippen LogP contribution in [0.1, 0.15) is 39.2 Å². The molecule has 110 valence electrons. The molecule has 1 aliphatic carbocycles. The summed E-state index contributed by atoms with van der Waals surface area (Å²) in [5.41, 5.74) is 0.688. The second kappa shape index (κ2) is 5.81. The van der Waals surface area contributed by atoms with Crippen molar-refractivity contribution in [3.8, 4) is 0 Å². The minimum atomic E-state index is -0.457. The SMILES string of the molecule is CC(C)(C)OC(=O)NC1CC(Cc2ccc(F)cc2)C1. The van der Waals surface area contributed by atoms with Crippen LogP contribution in [0, 0.1) is 11.7 Å². The van der Waals surface area contributed by atoms with Gasteiger partial charge in [0.15, 0.2) is 0 Å². The lowest BCUT2D eigenvalue weighted by molar-refractivity contribution is 0.0452. The summed E-state index contributed by atoms with van der Waals surface area (Å²) in [6.45, 7) is 5.56. The molecule has 1 aromatic rings. The van der Waals surface area contributed by atoms with Crippen molar-refractivity contribution in [1.29, 1.82) is 0 Å². The van der Waals surface area contributed by atoms with E-state index in [1.54, 1.807) is 0 Å². The van der Waals surface area contributed by atoms with Crippen molar-refractivity contribution in [2.24, 2.45) is 5.92 Å². The van der Waals surface area contributed by atoms with Crippen molar-refractivity contribution in [3.05, 3.63) is 35.6 Å². The average molecular weight is 279 g/mol. The summed E-state index contributed by atoms with van der Waals surface area (Å²) in [5, 5.41) is 2.88. The Hall–Kier alpha value is -1.58. The first-order chi connectivity index (χ1) is 9.32. The monoisotopic (exact) mass is 279 g/mol. The Labute approximate surface area is 119 Å². The quantitative estimate of drug-likeness (QED) is 0.916. The molecule has 0 unspecified atom stereocenters. The standard InChI is InChI=1S/C16H22FNO2/c1-16(2,3)20-15(19)18-14-9-12(10-14)8-11-4-6-13(17)7-5-11/h4-7,12,14H,8-10H2,1-3H3,(H,18,19). The van der Waals surface area contributed by atoms with Gasteiger partial charge in [0.1, 0.15) is 11.4 Å². The van der Waals surface area contributed by atoms with E-state index in [-0.39, 0.29) is 18.0 Å². The molecule has 0 radical (unpaired) electrons. The number of hydrogen-bond acceptors (Lipinski definition) is 2. The molecule has 0 heterocycles. The molecule has 0 spiro atoms. The van der Waals surface area contributed by atoms with Gasteiger partial charge in [-0.2, -0.15) is 0 Å². The molecule has 1 fully saturated rings. The van der Waals surface area contributed by atoms with E-state index in [0.29, 0.717) is 5.92 Å². The largest absolute Gasteiger partial charge is 0.444 e. The van der Waals surface area contributed by atoms with E-state index in [1.165, 1.54) is 12.1 Å². The van der Waals surface area contributed by atoms with E-state index in [0.717, 1.165) is 24.8 Å². The Morgan fingerprint density at radius 1 is 1.30 bits per heavy atom. The summed E-state index contributed by atoms with van der Waals surface area (Å²) in [6.07, 6.45) is 2.50. The molecular formula is C16H22FNO2. The van der Waals surface area contributed by atoms with E-state index in [2.05, 4.69) is 5.32 Å². The zero-order valence-electron chi connectivity index (χ0n) is 12.3. The molecule has 1 N–H and O–H groups in total. The molecule has 3 nitrogen and oxygen atoms in total. The summed E-state index contributed by atoms with van der Waals surface area (Å²) >= 11 is 0. The van der Waals surface area contributed by atoms with Crippen LogP contribution in [0.4, 0.5) is 9.18 Å². The number of alkyl carbamates (subject to hydrolysis) is 1. The minimum absolute atomic E-state index is 0.202. The van der Waals surface area contributed by atoms with Gasteiger partial charge in [0, 0.05) is 6.04 Å². The smallest absolute Gasteiger partial charge is 0.407 e. The Bertz CT molecular complexity index is 458. The lowest BCUT2D eigenvalue weighted by Crippen LogP contribution is -2.46. The molecule has 0 saturated heterocycles. The molecule has 1 amide bonds. The van der Waals surface area contributed by atoms with Crippen LogP contribution in [0.15, 0.2) is 24.3 Å². The first-order valence-corrected chi connectivity index (χ1v) is 7.06. The predicted octanol–water partition coefficient (Wildman–Crippen LogP) is 3.67. The molecule has 1 aliphatic rings. The van der Waals surface area contributed by atoms with Crippen molar-refractivity contribution < 1.29 is 13.9 Å². The number of carbonyl (C=O) groups is 1. The van der Waals surface area contributed by atoms with Crippen LogP contribution in [0.2, 0.25) is 0 Å². The lowest BCUT2D eigenvalue weighted by atomic mass is 9.77. The van der Waals surface area contributed by atoms with E-state index in [1.807, 2.05) is 32.9 Å². The fraction of sp³-hybridized carbons (Fsp3) is 0.562. The molecule has 0 aromatic heterocycles. The number of rotatable bonds is 3. The first kappa shape index (κ1) is 14.8. The van der Waals surface area contributed by atoms with Crippen LogP contribution in [-0.2, 0) is 11.2 Å². The topological polar surface area (TPSA) is 38.3 Å². The molecule has 0 bridgehead atoms. The summed E-state index contributed by atoms with van der Waals surface area (Å²) in [5.74, 6) is 0.354. The van der Waals surface area contributed by atoms with Gasteiger partial charge in [-0.1, -0.05) is 12.1 Å². The molecule has 1 saturated carbocycles. The van der Waals surface area contributed by atoms with Crippen LogP contribution in [0.25, 0.3) is 0 Å². The fourth-order valence-electron chi connectivity index (χ4n) is 2.45. The molecular weight excluding hydrogens is 257 g/mol. The fourth-order valence-corrected chi connectivity index (χ4v) is 2.45. The van der Waals surface area contributed by atoms with E-state index < -0.39 is 5.60 Å². The maximum atomic E-state index is 12.8. The van der Waals surface area contributed by atoms with Crippen LogP contribution >= 0.6 is 0 Å². The van der Waals surface area contributed by atoms with E-state index in [4.69, 9.17) is 4.74 Å². The number of carbonyl (C=O) groups excluding carboxylic acids is 1. The summed E-state index contributed by atoms with van der Waals surface area (Å²) < 4.78 is 18.0. The van der Waals surface area contributed by atoms with Gasteiger partial charge in [0.25, 0.3) is 0 Å². The van der Waals surface area contributed by atoms with Crippen molar-refractivity contribution >= 4 is 6.09 Å². The van der Waals surface area contributed by atoms with Crippen LogP contribution in [0.5, 0.6) is 0 Å². The highest BCUT2D eigenvalue weighted by Gasteiger charge is 2.31. The van der Waals surface area contributed by atoms with Crippen molar-refractivity contribution in [1.82, 2.24) is 5.32 Å². The Morgan fingerprint density at radius 2 is 1.90 bits per heavy atom. The Kier molecular flexibility index (Phi) is 4.31. The number of halogens is 1. The van der Waals surface area contributed by atoms with Gasteiger partial charge in [-0.05, 0) is 63.6 Å². The summed E-state index contributed by atoms with van der Waals surface area (Å²) in [7, 11) is 0. The third kappa shape index (κ3) is 4.51. The summed E-state index contributed by atoms with van der Waals surface area (Å²) in [4.78, 5) is 11.6. The second-order valence-electron chi connectivity index (χ2n) is 6.51. The Balaban J connectivity index is 1.70. The third-order valence-corrected chi connectivity index (χ3v) is 3.39. The number of nitrogens with one attached hydrogen (secondary N) is 1. The molecule has 0 aliphatic heterocycles. The first-order valence-electron chi connectivity index (χ1n) is 7.06. The number of amides is 1. The Morgan fingerprint density at radius 3 is 2.45 bits per heavy atom. The van der Waals surface area contributed by atoms with E-state index >= 15 is 0 Å². The van der Waals surface area contributed by atoms with Crippen LogP contribution < -0.4 is 5.32 Å². The molecule has 4 heteroatoms. The van der Waals surface area contributed by atoms with Gasteiger partial charge in [-0.25, -0.2) is 9.18 Å². The van der Waals surface area contributed by atoms with Crippen molar-refractivity contribution in [3.63, 3.8) is 0 Å². The molecule has 2 rings (SSSR count). The van der Waals surface area contributed by atoms with Crippen LogP contribution in [0.3, 0.4) is 0 Å².